The predicted molar refractivity (Wildman–Crippen MR) is 143 cm³/mol. The maximum Gasteiger partial charge on any atom is 0.410 e. The highest BCUT2D eigenvalue weighted by Gasteiger charge is 2.30. The maximum atomic E-state index is 15.4. The minimum atomic E-state index is -0.582. The Hall–Kier alpha value is -3.14. The summed E-state index contributed by atoms with van der Waals surface area (Å²) in [7, 11) is 0. The van der Waals surface area contributed by atoms with Crippen molar-refractivity contribution in [1.29, 1.82) is 0 Å². The number of piperidine rings is 2. The first-order chi connectivity index (χ1) is 18.1. The Morgan fingerprint density at radius 1 is 1.03 bits per heavy atom. The third kappa shape index (κ3) is 5.65. The molecule has 206 valence electrons. The lowest BCUT2D eigenvalue weighted by Gasteiger charge is -2.38. The molecule has 0 spiro atoms. The molecule has 1 aromatic carbocycles. The average molecular weight is 528 g/mol. The summed E-state index contributed by atoms with van der Waals surface area (Å²) in [4.78, 5) is 41.6. The van der Waals surface area contributed by atoms with Crippen LogP contribution in [0.25, 0.3) is 10.9 Å². The smallest absolute Gasteiger partial charge is 0.410 e. The minimum Gasteiger partial charge on any atom is -0.444 e. The lowest BCUT2D eigenvalue weighted by atomic mass is 9.95. The van der Waals surface area contributed by atoms with Crippen molar-refractivity contribution >= 4 is 34.6 Å². The van der Waals surface area contributed by atoms with E-state index in [1.165, 1.54) is 4.90 Å². The number of nitrogens with one attached hydrogen (secondary N) is 1. The number of hydrogen-bond donors (Lipinski definition) is 1. The van der Waals surface area contributed by atoms with E-state index in [1.807, 2.05) is 37.9 Å². The van der Waals surface area contributed by atoms with Crippen LogP contribution in [-0.2, 0) is 9.53 Å². The summed E-state index contributed by atoms with van der Waals surface area (Å²) < 4.78 is 23.1. The molecule has 0 radical (unpaired) electrons. The summed E-state index contributed by atoms with van der Waals surface area (Å²) in [5, 5.41) is 2.75. The molecule has 5 rings (SSSR count). The summed E-state index contributed by atoms with van der Waals surface area (Å²) in [6.07, 6.45) is 5.85. The molecule has 0 atom stereocenters. The normalized spacial score (nSPS) is 20.7. The van der Waals surface area contributed by atoms with Gasteiger partial charge in [-0.05, 0) is 70.6 Å². The highest BCUT2D eigenvalue weighted by molar-refractivity contribution is 6.06. The van der Waals surface area contributed by atoms with E-state index >= 15 is 4.39 Å². The van der Waals surface area contributed by atoms with Crippen molar-refractivity contribution in [3.63, 3.8) is 0 Å². The number of nitrogens with zero attached hydrogens (tertiary/aromatic N) is 4. The molecule has 2 aromatic rings. The number of imide groups is 1. The first kappa shape index (κ1) is 26.5. The topological polar surface area (TPSA) is 87.1 Å². The predicted octanol–water partition coefficient (Wildman–Crippen LogP) is 4.51. The van der Waals surface area contributed by atoms with Gasteiger partial charge in [-0.15, -0.1) is 0 Å². The number of carbonyl (C=O) groups excluding carboxylic acids is 3. The molecule has 0 aliphatic carbocycles. The van der Waals surface area contributed by atoms with E-state index in [1.54, 1.807) is 12.1 Å². The van der Waals surface area contributed by atoms with E-state index in [4.69, 9.17) is 4.74 Å². The van der Waals surface area contributed by atoms with E-state index in [-0.39, 0.29) is 30.7 Å². The van der Waals surface area contributed by atoms with E-state index in [9.17, 15) is 14.4 Å². The zero-order chi connectivity index (χ0) is 27.0. The van der Waals surface area contributed by atoms with Crippen molar-refractivity contribution < 1.29 is 23.5 Å². The van der Waals surface area contributed by atoms with Crippen molar-refractivity contribution in [2.24, 2.45) is 5.92 Å². The molecule has 1 aromatic heterocycles. The summed E-state index contributed by atoms with van der Waals surface area (Å²) >= 11 is 0. The van der Waals surface area contributed by atoms with E-state index in [0.29, 0.717) is 17.3 Å². The second-order valence-corrected chi connectivity index (χ2v) is 11.8. The van der Waals surface area contributed by atoms with Crippen LogP contribution in [-0.4, -0.2) is 77.3 Å². The standard InChI is InChI=1S/C28H38FN5O4/c1-28(2,3)38-27(37)32-14-6-19(7-15-32)18-31-12-8-20(9-13-31)33-16-10-21-22(33)4-5-23(25(21)29)34-17-11-24(35)30-26(34)36/h4-5,10,16,19-20H,6-9,11-15,17-18H2,1-3H3,(H,30,35,36). The van der Waals surface area contributed by atoms with Gasteiger partial charge in [0.15, 0.2) is 5.82 Å². The number of hydrogen-bond acceptors (Lipinski definition) is 5. The maximum absolute atomic E-state index is 15.4. The van der Waals surface area contributed by atoms with Crippen molar-refractivity contribution in [2.45, 2.75) is 64.5 Å². The third-order valence-electron chi connectivity index (χ3n) is 7.89. The van der Waals surface area contributed by atoms with Gasteiger partial charge in [0.05, 0.1) is 11.2 Å². The van der Waals surface area contributed by atoms with Gasteiger partial charge in [-0.2, -0.15) is 0 Å². The highest BCUT2D eigenvalue weighted by atomic mass is 19.1. The van der Waals surface area contributed by atoms with Crippen LogP contribution in [0.1, 0.15) is 58.9 Å². The van der Waals surface area contributed by atoms with Crippen LogP contribution in [0.5, 0.6) is 0 Å². The Morgan fingerprint density at radius 3 is 2.39 bits per heavy atom. The van der Waals surface area contributed by atoms with Crippen molar-refractivity contribution in [3.8, 4) is 0 Å². The van der Waals surface area contributed by atoms with Gasteiger partial charge in [-0.1, -0.05) is 0 Å². The molecule has 3 saturated heterocycles. The van der Waals surface area contributed by atoms with Crippen LogP contribution in [0.3, 0.4) is 0 Å². The van der Waals surface area contributed by atoms with E-state index < -0.39 is 17.4 Å². The molecule has 9 nitrogen and oxygen atoms in total. The first-order valence-corrected chi connectivity index (χ1v) is 13.7. The van der Waals surface area contributed by atoms with Crippen molar-refractivity contribution in [2.75, 3.05) is 44.2 Å². The number of aromatic nitrogens is 1. The second-order valence-electron chi connectivity index (χ2n) is 11.8. The van der Waals surface area contributed by atoms with Crippen molar-refractivity contribution in [1.82, 2.24) is 19.7 Å². The number of ether oxygens (including phenoxy) is 1. The Morgan fingerprint density at radius 2 is 1.74 bits per heavy atom. The van der Waals surface area contributed by atoms with Gasteiger partial charge < -0.3 is 19.1 Å². The van der Waals surface area contributed by atoms with Gasteiger partial charge in [-0.3, -0.25) is 15.0 Å². The number of amides is 4. The number of anilines is 1. The summed E-state index contributed by atoms with van der Waals surface area (Å²) in [5.41, 5.74) is 0.559. The molecular formula is C28H38FN5O4. The van der Waals surface area contributed by atoms with E-state index in [0.717, 1.165) is 63.9 Å². The van der Waals surface area contributed by atoms with Gasteiger partial charge in [0, 0.05) is 63.3 Å². The van der Waals surface area contributed by atoms with Gasteiger partial charge in [-0.25, -0.2) is 14.0 Å². The minimum absolute atomic E-state index is 0.158. The number of carbonyl (C=O) groups is 3. The fourth-order valence-electron chi connectivity index (χ4n) is 5.88. The number of urea groups is 1. The molecule has 4 heterocycles. The number of benzene rings is 1. The largest absolute Gasteiger partial charge is 0.444 e. The summed E-state index contributed by atoms with van der Waals surface area (Å²) in [6, 6.07) is 5.01. The molecule has 10 heteroatoms. The van der Waals surface area contributed by atoms with Gasteiger partial charge in [0.2, 0.25) is 5.91 Å². The van der Waals surface area contributed by atoms with Crippen molar-refractivity contribution in [3.05, 3.63) is 30.2 Å². The fraction of sp³-hybridized carbons (Fsp3) is 0.607. The summed E-state index contributed by atoms with van der Waals surface area (Å²) in [6.45, 7) is 10.4. The van der Waals surface area contributed by atoms with Crippen LogP contribution >= 0.6 is 0 Å². The van der Waals surface area contributed by atoms with Crippen LogP contribution in [0.4, 0.5) is 19.7 Å². The van der Waals surface area contributed by atoms with E-state index in [2.05, 4.69) is 14.8 Å². The third-order valence-corrected chi connectivity index (χ3v) is 7.89. The molecule has 3 aliphatic rings. The van der Waals surface area contributed by atoms with Crippen LogP contribution in [0, 0.1) is 11.7 Å². The Kier molecular flexibility index (Phi) is 7.35. The van der Waals surface area contributed by atoms with Crippen LogP contribution < -0.4 is 10.2 Å². The quantitative estimate of drug-likeness (QED) is 0.632. The van der Waals surface area contributed by atoms with Crippen LogP contribution in [0.15, 0.2) is 24.4 Å². The second kappa shape index (κ2) is 10.6. The molecule has 38 heavy (non-hydrogen) atoms. The molecule has 0 bridgehead atoms. The first-order valence-electron chi connectivity index (χ1n) is 13.7. The summed E-state index contributed by atoms with van der Waals surface area (Å²) in [5.74, 6) is -0.190. The lowest BCUT2D eigenvalue weighted by Crippen LogP contribution is -2.49. The SMILES string of the molecule is CC(C)(C)OC(=O)N1CCC(CN2CCC(n3ccc4c(F)c(N5CCC(=O)NC5=O)ccc43)CC2)CC1. The molecule has 3 fully saturated rings. The number of halogens is 1. The number of likely N-dealkylation sites (tertiary alicyclic amines) is 2. The molecular weight excluding hydrogens is 489 g/mol. The van der Waals surface area contributed by atoms with Crippen LogP contribution in [0.2, 0.25) is 0 Å². The van der Waals surface area contributed by atoms with Gasteiger partial charge in [0.1, 0.15) is 5.60 Å². The fourth-order valence-corrected chi connectivity index (χ4v) is 5.88. The molecule has 1 N–H and O–H groups in total. The number of rotatable bonds is 4. The molecule has 0 unspecified atom stereocenters. The Labute approximate surface area is 222 Å². The molecule has 3 aliphatic heterocycles. The monoisotopic (exact) mass is 527 g/mol. The Bertz CT molecular complexity index is 1210. The molecule has 4 amide bonds. The zero-order valence-corrected chi connectivity index (χ0v) is 22.5. The van der Waals surface area contributed by atoms with Gasteiger partial charge >= 0.3 is 12.1 Å². The number of fused-ring (bicyclic) bond motifs is 1. The lowest BCUT2D eigenvalue weighted by molar-refractivity contribution is -0.120. The zero-order valence-electron chi connectivity index (χ0n) is 22.5. The Balaban J connectivity index is 1.15. The van der Waals surface area contributed by atoms with Gasteiger partial charge in [0.25, 0.3) is 0 Å². The average Bonchev–Trinajstić information content (AvgIpc) is 3.30. The molecule has 0 saturated carbocycles. The highest BCUT2D eigenvalue weighted by Crippen LogP contribution is 2.34.